The SMILES string of the molecule is Cc1ccc(Cl)cc1NCCC1CN(C)CCN1. The predicted molar refractivity (Wildman–Crippen MR) is 78.6 cm³/mol. The number of rotatable bonds is 4. The van der Waals surface area contributed by atoms with Crippen LogP contribution in [-0.2, 0) is 0 Å². The summed E-state index contributed by atoms with van der Waals surface area (Å²) in [6.07, 6.45) is 1.14. The number of hydrogen-bond donors (Lipinski definition) is 2. The molecule has 2 N–H and O–H groups in total. The Bertz CT molecular complexity index is 395. The van der Waals surface area contributed by atoms with Crippen LogP contribution in [0.2, 0.25) is 5.02 Å². The molecule has 1 aromatic rings. The molecule has 1 heterocycles. The summed E-state index contributed by atoms with van der Waals surface area (Å²) in [5, 5.41) is 7.82. The number of likely N-dealkylation sites (N-methyl/N-ethyl adjacent to an activating group) is 1. The number of piperazine rings is 1. The average molecular weight is 268 g/mol. The molecule has 1 unspecified atom stereocenters. The number of benzene rings is 1. The Morgan fingerprint density at radius 2 is 2.33 bits per heavy atom. The highest BCUT2D eigenvalue weighted by Gasteiger charge is 2.15. The van der Waals surface area contributed by atoms with Crippen LogP contribution in [-0.4, -0.2) is 44.2 Å². The van der Waals surface area contributed by atoms with Crippen LogP contribution in [0, 0.1) is 6.92 Å². The molecule has 3 nitrogen and oxygen atoms in total. The Morgan fingerprint density at radius 1 is 1.50 bits per heavy atom. The van der Waals surface area contributed by atoms with Gasteiger partial charge in [0.2, 0.25) is 0 Å². The zero-order valence-corrected chi connectivity index (χ0v) is 11.9. The van der Waals surface area contributed by atoms with E-state index >= 15 is 0 Å². The van der Waals surface area contributed by atoms with Gasteiger partial charge in [-0.1, -0.05) is 17.7 Å². The molecule has 0 radical (unpaired) electrons. The summed E-state index contributed by atoms with van der Waals surface area (Å²) < 4.78 is 0. The van der Waals surface area contributed by atoms with Crippen molar-refractivity contribution >= 4 is 17.3 Å². The third-order valence-corrected chi connectivity index (χ3v) is 3.70. The van der Waals surface area contributed by atoms with E-state index in [1.54, 1.807) is 0 Å². The molecule has 0 aromatic heterocycles. The second kappa shape index (κ2) is 6.41. The molecule has 0 amide bonds. The summed E-state index contributed by atoms with van der Waals surface area (Å²) in [6, 6.07) is 6.57. The fourth-order valence-electron chi connectivity index (χ4n) is 2.35. The molecule has 100 valence electrons. The molecule has 2 rings (SSSR count). The first-order valence-corrected chi connectivity index (χ1v) is 6.95. The van der Waals surface area contributed by atoms with Gasteiger partial charge in [-0.05, 0) is 38.1 Å². The monoisotopic (exact) mass is 267 g/mol. The lowest BCUT2D eigenvalue weighted by Crippen LogP contribution is -2.49. The number of hydrogen-bond acceptors (Lipinski definition) is 3. The summed E-state index contributed by atoms with van der Waals surface area (Å²) in [5.41, 5.74) is 2.39. The van der Waals surface area contributed by atoms with Crippen LogP contribution in [0.25, 0.3) is 0 Å². The summed E-state index contributed by atoms with van der Waals surface area (Å²) in [7, 11) is 2.18. The minimum atomic E-state index is 0.593. The van der Waals surface area contributed by atoms with Gasteiger partial charge in [-0.25, -0.2) is 0 Å². The van der Waals surface area contributed by atoms with E-state index in [4.69, 9.17) is 11.6 Å². The van der Waals surface area contributed by atoms with E-state index in [0.29, 0.717) is 6.04 Å². The standard InChI is InChI=1S/C14H22ClN3/c1-11-3-4-12(15)9-14(11)17-6-5-13-10-18(2)8-7-16-13/h3-4,9,13,16-17H,5-8,10H2,1-2H3. The number of aryl methyl sites for hydroxylation is 1. The van der Waals surface area contributed by atoms with E-state index < -0.39 is 0 Å². The van der Waals surface area contributed by atoms with Gasteiger partial charge < -0.3 is 15.5 Å². The first kappa shape index (κ1) is 13.7. The smallest absolute Gasteiger partial charge is 0.0426 e. The topological polar surface area (TPSA) is 27.3 Å². The van der Waals surface area contributed by atoms with Crippen LogP contribution in [0.3, 0.4) is 0 Å². The van der Waals surface area contributed by atoms with Gasteiger partial charge >= 0.3 is 0 Å². The largest absolute Gasteiger partial charge is 0.385 e. The third-order valence-electron chi connectivity index (χ3n) is 3.47. The predicted octanol–water partition coefficient (Wildman–Crippen LogP) is 2.35. The van der Waals surface area contributed by atoms with Crippen molar-refractivity contribution in [3.8, 4) is 0 Å². The second-order valence-electron chi connectivity index (χ2n) is 5.09. The third kappa shape index (κ3) is 3.87. The van der Waals surface area contributed by atoms with Crippen LogP contribution >= 0.6 is 11.6 Å². The minimum absolute atomic E-state index is 0.593. The summed E-state index contributed by atoms with van der Waals surface area (Å²) in [6.45, 7) is 6.46. The van der Waals surface area contributed by atoms with Crippen molar-refractivity contribution in [2.24, 2.45) is 0 Å². The maximum absolute atomic E-state index is 6.00. The Kier molecular flexibility index (Phi) is 4.87. The van der Waals surface area contributed by atoms with Crippen molar-refractivity contribution in [1.29, 1.82) is 0 Å². The minimum Gasteiger partial charge on any atom is -0.385 e. The maximum Gasteiger partial charge on any atom is 0.0426 e. The summed E-state index contributed by atoms with van der Waals surface area (Å²) in [5.74, 6) is 0. The van der Waals surface area contributed by atoms with Gasteiger partial charge in [-0.15, -0.1) is 0 Å². The highest BCUT2D eigenvalue weighted by Crippen LogP contribution is 2.20. The van der Waals surface area contributed by atoms with Gasteiger partial charge in [0.15, 0.2) is 0 Å². The molecule has 1 aromatic carbocycles. The van der Waals surface area contributed by atoms with E-state index in [1.807, 2.05) is 12.1 Å². The molecule has 1 saturated heterocycles. The Balaban J connectivity index is 1.79. The molecular formula is C14H22ClN3. The van der Waals surface area contributed by atoms with E-state index in [-0.39, 0.29) is 0 Å². The van der Waals surface area contributed by atoms with Crippen molar-refractivity contribution in [1.82, 2.24) is 10.2 Å². The van der Waals surface area contributed by atoms with E-state index in [1.165, 1.54) is 5.56 Å². The zero-order valence-electron chi connectivity index (χ0n) is 11.2. The van der Waals surface area contributed by atoms with Gasteiger partial charge in [0.05, 0.1) is 0 Å². The first-order valence-electron chi connectivity index (χ1n) is 6.57. The molecular weight excluding hydrogens is 246 g/mol. The lowest BCUT2D eigenvalue weighted by Gasteiger charge is -2.31. The Labute approximate surface area is 115 Å². The Hall–Kier alpha value is -0.770. The highest BCUT2D eigenvalue weighted by molar-refractivity contribution is 6.30. The van der Waals surface area contributed by atoms with Crippen molar-refractivity contribution in [2.45, 2.75) is 19.4 Å². The van der Waals surface area contributed by atoms with Gasteiger partial charge in [-0.3, -0.25) is 0 Å². The van der Waals surface area contributed by atoms with Gasteiger partial charge in [-0.2, -0.15) is 0 Å². The lowest BCUT2D eigenvalue weighted by atomic mass is 10.1. The van der Waals surface area contributed by atoms with Crippen molar-refractivity contribution in [3.63, 3.8) is 0 Å². The normalized spacial score (nSPS) is 20.9. The maximum atomic E-state index is 6.00. The number of halogens is 1. The molecule has 0 saturated carbocycles. The van der Waals surface area contributed by atoms with Crippen molar-refractivity contribution in [2.75, 3.05) is 38.5 Å². The lowest BCUT2D eigenvalue weighted by molar-refractivity contribution is 0.234. The van der Waals surface area contributed by atoms with Gasteiger partial charge in [0.1, 0.15) is 0 Å². The second-order valence-corrected chi connectivity index (χ2v) is 5.52. The van der Waals surface area contributed by atoms with Crippen molar-refractivity contribution in [3.05, 3.63) is 28.8 Å². The fraction of sp³-hybridized carbons (Fsp3) is 0.571. The van der Waals surface area contributed by atoms with Crippen LogP contribution < -0.4 is 10.6 Å². The van der Waals surface area contributed by atoms with Gasteiger partial charge in [0, 0.05) is 42.9 Å². The average Bonchev–Trinajstić information content (AvgIpc) is 2.34. The van der Waals surface area contributed by atoms with E-state index in [0.717, 1.165) is 43.3 Å². The first-order chi connectivity index (χ1) is 8.65. The molecule has 4 heteroatoms. The molecule has 1 fully saturated rings. The Morgan fingerprint density at radius 3 is 3.11 bits per heavy atom. The van der Waals surface area contributed by atoms with Crippen LogP contribution in [0.15, 0.2) is 18.2 Å². The number of nitrogens with zero attached hydrogens (tertiary/aromatic N) is 1. The molecule has 1 aliphatic heterocycles. The quantitative estimate of drug-likeness (QED) is 0.877. The summed E-state index contributed by atoms with van der Waals surface area (Å²) >= 11 is 6.00. The van der Waals surface area contributed by atoms with E-state index in [2.05, 4.69) is 35.6 Å². The molecule has 1 atom stereocenters. The number of anilines is 1. The number of nitrogens with one attached hydrogen (secondary N) is 2. The molecule has 1 aliphatic rings. The fourth-order valence-corrected chi connectivity index (χ4v) is 2.52. The molecule has 18 heavy (non-hydrogen) atoms. The molecule has 0 aliphatic carbocycles. The zero-order chi connectivity index (χ0) is 13.0. The van der Waals surface area contributed by atoms with Gasteiger partial charge in [0.25, 0.3) is 0 Å². The molecule has 0 spiro atoms. The molecule has 0 bridgehead atoms. The van der Waals surface area contributed by atoms with Crippen molar-refractivity contribution < 1.29 is 0 Å². The van der Waals surface area contributed by atoms with E-state index in [9.17, 15) is 0 Å². The highest BCUT2D eigenvalue weighted by atomic mass is 35.5. The van der Waals surface area contributed by atoms with Crippen LogP contribution in [0.4, 0.5) is 5.69 Å². The van der Waals surface area contributed by atoms with Crippen LogP contribution in [0.1, 0.15) is 12.0 Å². The summed E-state index contributed by atoms with van der Waals surface area (Å²) in [4.78, 5) is 2.38. The van der Waals surface area contributed by atoms with Crippen LogP contribution in [0.5, 0.6) is 0 Å².